The van der Waals surface area contributed by atoms with E-state index in [0.717, 1.165) is 41.4 Å². The third-order valence-electron chi connectivity index (χ3n) is 4.13. The number of carbonyl (C=O) groups is 1. The van der Waals surface area contributed by atoms with Crippen LogP contribution in [-0.2, 0) is 6.42 Å². The first-order valence-electron chi connectivity index (χ1n) is 7.88. The van der Waals surface area contributed by atoms with Crippen LogP contribution in [0.15, 0.2) is 30.5 Å². The van der Waals surface area contributed by atoms with Gasteiger partial charge in [0, 0.05) is 30.7 Å². The van der Waals surface area contributed by atoms with Crippen LogP contribution in [0.25, 0.3) is 0 Å². The van der Waals surface area contributed by atoms with Crippen LogP contribution in [-0.4, -0.2) is 34.4 Å². The van der Waals surface area contributed by atoms with Crippen molar-refractivity contribution in [1.29, 1.82) is 0 Å². The lowest BCUT2D eigenvalue weighted by Gasteiger charge is -2.18. The van der Waals surface area contributed by atoms with Crippen molar-refractivity contribution in [3.05, 3.63) is 58.1 Å². The number of benzene rings is 1. The molecule has 1 aromatic heterocycles. The molecule has 0 radical (unpaired) electrons. The minimum Gasteiger partial charge on any atom is -0.341 e. The number of hydrogen-bond donors (Lipinski definition) is 0. The molecule has 1 fully saturated rings. The second-order valence-corrected chi connectivity index (χ2v) is 6.53. The molecule has 120 valence electrons. The van der Waals surface area contributed by atoms with Crippen LogP contribution in [0.2, 0.25) is 5.02 Å². The smallest absolute Gasteiger partial charge is 0.257 e. The van der Waals surface area contributed by atoms with Gasteiger partial charge >= 0.3 is 0 Å². The average Bonchev–Trinajstić information content (AvgIpc) is 3.38. The minimum absolute atomic E-state index is 0.000800. The van der Waals surface area contributed by atoms with Gasteiger partial charge in [0.1, 0.15) is 5.82 Å². The maximum Gasteiger partial charge on any atom is 0.257 e. The molecule has 4 nitrogen and oxygen atoms in total. The van der Waals surface area contributed by atoms with Crippen LogP contribution in [0.1, 0.15) is 46.2 Å². The summed E-state index contributed by atoms with van der Waals surface area (Å²) in [5.74, 6) is 1.16. The summed E-state index contributed by atoms with van der Waals surface area (Å²) in [4.78, 5) is 23.2. The zero-order chi connectivity index (χ0) is 16.4. The van der Waals surface area contributed by atoms with E-state index in [1.54, 1.807) is 11.1 Å². The highest BCUT2D eigenvalue weighted by Crippen LogP contribution is 2.40. The summed E-state index contributed by atoms with van der Waals surface area (Å²) in [6.07, 6.45) is 4.71. The third kappa shape index (κ3) is 3.88. The van der Waals surface area contributed by atoms with Gasteiger partial charge in [-0.05, 0) is 43.9 Å². The van der Waals surface area contributed by atoms with Crippen molar-refractivity contribution >= 4 is 17.5 Å². The fraction of sp³-hybridized carbons (Fsp3) is 0.389. The van der Waals surface area contributed by atoms with Crippen molar-refractivity contribution in [2.24, 2.45) is 0 Å². The summed E-state index contributed by atoms with van der Waals surface area (Å²) < 4.78 is 0. The first-order chi connectivity index (χ1) is 11.0. The van der Waals surface area contributed by atoms with Crippen LogP contribution in [0.5, 0.6) is 0 Å². The molecule has 1 aliphatic carbocycles. The van der Waals surface area contributed by atoms with Crippen molar-refractivity contribution in [1.82, 2.24) is 14.9 Å². The number of halogens is 1. The highest BCUT2D eigenvalue weighted by molar-refractivity contribution is 6.30. The summed E-state index contributed by atoms with van der Waals surface area (Å²) in [6.45, 7) is 2.52. The van der Waals surface area contributed by atoms with Crippen molar-refractivity contribution in [2.45, 2.75) is 32.1 Å². The highest BCUT2D eigenvalue weighted by Gasteiger charge is 2.31. The number of carbonyl (C=O) groups excluding carboxylic acids is 1. The number of rotatable bonds is 5. The quantitative estimate of drug-likeness (QED) is 0.841. The number of aromatic nitrogens is 2. The van der Waals surface area contributed by atoms with Gasteiger partial charge in [0.2, 0.25) is 0 Å². The second-order valence-electron chi connectivity index (χ2n) is 6.09. The van der Waals surface area contributed by atoms with E-state index >= 15 is 0 Å². The Morgan fingerprint density at radius 2 is 2.00 bits per heavy atom. The Morgan fingerprint density at radius 3 is 2.65 bits per heavy atom. The lowest BCUT2D eigenvalue weighted by Crippen LogP contribution is -2.30. The number of likely N-dealkylation sites (N-methyl/N-ethyl adjacent to an activating group) is 1. The zero-order valence-electron chi connectivity index (χ0n) is 13.4. The van der Waals surface area contributed by atoms with Crippen LogP contribution in [0.4, 0.5) is 0 Å². The predicted molar refractivity (Wildman–Crippen MR) is 90.9 cm³/mol. The molecule has 0 atom stereocenters. The van der Waals surface area contributed by atoms with E-state index in [0.29, 0.717) is 18.0 Å². The van der Waals surface area contributed by atoms with E-state index in [4.69, 9.17) is 11.6 Å². The van der Waals surface area contributed by atoms with Gasteiger partial charge in [-0.25, -0.2) is 9.97 Å². The molecule has 1 amide bonds. The Bertz CT molecular complexity index is 711. The normalized spacial score (nSPS) is 13.9. The maximum atomic E-state index is 12.7. The Balaban J connectivity index is 1.69. The molecule has 1 aromatic carbocycles. The summed E-state index contributed by atoms with van der Waals surface area (Å²) in [5, 5.41) is 0.726. The molecule has 2 aromatic rings. The monoisotopic (exact) mass is 329 g/mol. The van der Waals surface area contributed by atoms with Crippen molar-refractivity contribution < 1.29 is 4.79 Å². The van der Waals surface area contributed by atoms with Gasteiger partial charge in [-0.15, -0.1) is 0 Å². The fourth-order valence-corrected chi connectivity index (χ4v) is 2.70. The lowest BCUT2D eigenvalue weighted by molar-refractivity contribution is 0.0794. The van der Waals surface area contributed by atoms with Crippen LogP contribution in [0, 0.1) is 6.92 Å². The topological polar surface area (TPSA) is 46.1 Å². The Morgan fingerprint density at radius 1 is 1.30 bits per heavy atom. The van der Waals surface area contributed by atoms with E-state index in [-0.39, 0.29) is 5.91 Å². The molecule has 1 aliphatic rings. The van der Waals surface area contributed by atoms with Crippen molar-refractivity contribution in [3.63, 3.8) is 0 Å². The maximum absolute atomic E-state index is 12.7. The molecule has 0 saturated heterocycles. The van der Waals surface area contributed by atoms with Crippen LogP contribution >= 0.6 is 11.6 Å². The predicted octanol–water partition coefficient (Wildman–Crippen LogP) is 3.63. The standard InChI is InChI=1S/C18H20ClN3O/c1-12-20-11-16(17(21-12)14-5-6-14)18(23)22(2)10-9-13-3-7-15(19)8-4-13/h3-4,7-8,11,14H,5-6,9-10H2,1-2H3. The van der Waals surface area contributed by atoms with E-state index in [1.165, 1.54) is 0 Å². The largest absolute Gasteiger partial charge is 0.341 e. The van der Waals surface area contributed by atoms with Gasteiger partial charge in [0.15, 0.2) is 0 Å². The Hall–Kier alpha value is -1.94. The molecule has 0 aliphatic heterocycles. The Labute approximate surface area is 141 Å². The Kier molecular flexibility index (Phi) is 4.62. The number of hydrogen-bond acceptors (Lipinski definition) is 3. The van der Waals surface area contributed by atoms with E-state index in [2.05, 4.69) is 9.97 Å². The molecule has 1 heterocycles. The number of amides is 1. The van der Waals surface area contributed by atoms with Crippen molar-refractivity contribution in [3.8, 4) is 0 Å². The van der Waals surface area contributed by atoms with E-state index in [9.17, 15) is 4.79 Å². The molecule has 0 spiro atoms. The molecule has 5 heteroatoms. The number of aryl methyl sites for hydroxylation is 1. The van der Waals surface area contributed by atoms with Gasteiger partial charge in [-0.1, -0.05) is 23.7 Å². The highest BCUT2D eigenvalue weighted by atomic mass is 35.5. The average molecular weight is 330 g/mol. The molecule has 3 rings (SSSR count). The number of nitrogens with zero attached hydrogens (tertiary/aromatic N) is 3. The van der Waals surface area contributed by atoms with Gasteiger partial charge in [0.25, 0.3) is 5.91 Å². The van der Waals surface area contributed by atoms with Crippen LogP contribution in [0.3, 0.4) is 0 Å². The first kappa shape index (κ1) is 15.9. The van der Waals surface area contributed by atoms with Gasteiger partial charge < -0.3 is 4.90 Å². The summed E-state index contributed by atoms with van der Waals surface area (Å²) in [7, 11) is 1.83. The third-order valence-corrected chi connectivity index (χ3v) is 4.38. The SMILES string of the molecule is Cc1ncc(C(=O)N(C)CCc2ccc(Cl)cc2)c(C2CC2)n1. The molecule has 0 N–H and O–H groups in total. The lowest BCUT2D eigenvalue weighted by atomic mass is 10.1. The van der Waals surface area contributed by atoms with Crippen molar-refractivity contribution in [2.75, 3.05) is 13.6 Å². The van der Waals surface area contributed by atoms with Crippen LogP contribution < -0.4 is 0 Å². The molecular weight excluding hydrogens is 310 g/mol. The molecule has 0 bridgehead atoms. The fourth-order valence-electron chi connectivity index (χ4n) is 2.58. The van der Waals surface area contributed by atoms with E-state index in [1.807, 2.05) is 38.2 Å². The summed E-state index contributed by atoms with van der Waals surface area (Å²) in [5.41, 5.74) is 2.73. The first-order valence-corrected chi connectivity index (χ1v) is 8.26. The van der Waals surface area contributed by atoms with E-state index < -0.39 is 0 Å². The molecule has 0 unspecified atom stereocenters. The molecule has 23 heavy (non-hydrogen) atoms. The minimum atomic E-state index is 0.000800. The molecule has 1 saturated carbocycles. The summed E-state index contributed by atoms with van der Waals surface area (Å²) in [6, 6.07) is 7.73. The second kappa shape index (κ2) is 6.67. The van der Waals surface area contributed by atoms with Gasteiger partial charge in [-0.2, -0.15) is 0 Å². The van der Waals surface area contributed by atoms with Gasteiger partial charge in [0.05, 0.1) is 11.3 Å². The summed E-state index contributed by atoms with van der Waals surface area (Å²) >= 11 is 5.89. The van der Waals surface area contributed by atoms with Gasteiger partial charge in [-0.3, -0.25) is 4.79 Å². The zero-order valence-corrected chi connectivity index (χ0v) is 14.2. The molecular formula is C18H20ClN3O.